The van der Waals surface area contributed by atoms with E-state index in [1.165, 1.54) is 12.3 Å². The fourth-order valence-corrected chi connectivity index (χ4v) is 0.914. The Kier molecular flexibility index (Phi) is 3.92. The van der Waals surface area contributed by atoms with Gasteiger partial charge in [0.1, 0.15) is 6.54 Å². The van der Waals surface area contributed by atoms with Crippen LogP contribution in [-0.4, -0.2) is 28.8 Å². The Morgan fingerprint density at radius 1 is 1.44 bits per heavy atom. The van der Waals surface area contributed by atoms with Crippen LogP contribution >= 0.6 is 0 Å². The summed E-state index contributed by atoms with van der Waals surface area (Å²) in [5.41, 5.74) is 0. The second-order valence-corrected chi connectivity index (χ2v) is 3.35. The number of nitrogens with zero attached hydrogens (tertiary/aromatic N) is 2. The van der Waals surface area contributed by atoms with Crippen molar-refractivity contribution < 1.29 is 17.9 Å². The Hall–Kier alpha value is -1.53. The molecule has 0 bridgehead atoms. The molecular weight excluding hydrogens is 223 g/mol. The van der Waals surface area contributed by atoms with Crippen LogP contribution < -0.4 is 10.1 Å². The van der Waals surface area contributed by atoms with Gasteiger partial charge < -0.3 is 10.1 Å². The lowest BCUT2D eigenvalue weighted by Crippen LogP contribution is -2.22. The molecule has 0 amide bonds. The first-order valence-electron chi connectivity index (χ1n) is 4.67. The number of alkyl halides is 3. The predicted octanol–water partition coefficient (Wildman–Crippen LogP) is 2.24. The number of ether oxygens (including phenoxy) is 1. The van der Waals surface area contributed by atoms with Crippen LogP contribution in [0.25, 0.3) is 0 Å². The Bertz CT molecular complexity index is 341. The van der Waals surface area contributed by atoms with Gasteiger partial charge in [0.2, 0.25) is 11.8 Å². The second-order valence-electron chi connectivity index (χ2n) is 3.35. The van der Waals surface area contributed by atoms with Gasteiger partial charge >= 0.3 is 6.18 Å². The lowest BCUT2D eigenvalue weighted by atomic mass is 10.5. The minimum Gasteiger partial charge on any atom is -0.475 e. The third-order valence-electron chi connectivity index (χ3n) is 1.43. The second kappa shape index (κ2) is 5.00. The molecule has 16 heavy (non-hydrogen) atoms. The summed E-state index contributed by atoms with van der Waals surface area (Å²) < 4.78 is 40.9. The van der Waals surface area contributed by atoms with Gasteiger partial charge in [0.25, 0.3) is 0 Å². The lowest BCUT2D eigenvalue weighted by molar-refractivity contribution is -0.115. The van der Waals surface area contributed by atoms with Gasteiger partial charge in [-0.05, 0) is 13.8 Å². The first-order chi connectivity index (χ1) is 7.37. The molecule has 0 unspecified atom stereocenters. The molecule has 1 rings (SSSR count). The third-order valence-corrected chi connectivity index (χ3v) is 1.43. The van der Waals surface area contributed by atoms with E-state index in [1.54, 1.807) is 13.8 Å². The van der Waals surface area contributed by atoms with Crippen LogP contribution in [0.4, 0.5) is 19.1 Å². The van der Waals surface area contributed by atoms with E-state index in [1.807, 2.05) is 0 Å². The average molecular weight is 235 g/mol. The fourth-order valence-electron chi connectivity index (χ4n) is 0.914. The number of anilines is 1. The summed E-state index contributed by atoms with van der Waals surface area (Å²) in [7, 11) is 0. The molecule has 0 radical (unpaired) electrons. The van der Waals surface area contributed by atoms with Crippen LogP contribution in [0, 0.1) is 0 Å². The number of nitrogens with one attached hydrogen (secondary N) is 1. The molecule has 90 valence electrons. The zero-order valence-corrected chi connectivity index (χ0v) is 8.88. The standard InChI is InChI=1S/C9H12F3N3O/c1-6(2)16-7-3-4-13-8(15-7)14-5-9(10,11)12/h3-4,6H,5H2,1-2H3,(H,13,14,15). The van der Waals surface area contributed by atoms with Gasteiger partial charge in [-0.1, -0.05) is 0 Å². The summed E-state index contributed by atoms with van der Waals surface area (Å²) in [5.74, 6) is 0.144. The molecule has 0 saturated heterocycles. The SMILES string of the molecule is CC(C)Oc1ccnc(NCC(F)(F)F)n1. The van der Waals surface area contributed by atoms with Gasteiger partial charge in [-0.3, -0.25) is 0 Å². The van der Waals surface area contributed by atoms with Gasteiger partial charge in [-0.2, -0.15) is 18.2 Å². The number of hydrogen-bond acceptors (Lipinski definition) is 4. The summed E-state index contributed by atoms with van der Waals surface area (Å²) in [6, 6.07) is 1.48. The fraction of sp³-hybridized carbons (Fsp3) is 0.556. The van der Waals surface area contributed by atoms with Crippen molar-refractivity contribution in [2.75, 3.05) is 11.9 Å². The maximum atomic E-state index is 11.9. The molecule has 0 spiro atoms. The highest BCUT2D eigenvalue weighted by atomic mass is 19.4. The van der Waals surface area contributed by atoms with Crippen molar-refractivity contribution in [2.45, 2.75) is 26.1 Å². The molecule has 0 aliphatic rings. The monoisotopic (exact) mass is 235 g/mol. The molecule has 1 heterocycles. The molecule has 1 N–H and O–H groups in total. The van der Waals surface area contributed by atoms with Crippen LogP contribution in [-0.2, 0) is 0 Å². The molecule has 0 saturated carbocycles. The minimum absolute atomic E-state index is 0.0923. The number of hydrogen-bond donors (Lipinski definition) is 1. The summed E-state index contributed by atoms with van der Waals surface area (Å²) in [4.78, 5) is 7.42. The lowest BCUT2D eigenvalue weighted by Gasteiger charge is -2.11. The molecular formula is C9H12F3N3O. The summed E-state index contributed by atoms with van der Waals surface area (Å²) in [5, 5.41) is 2.07. The zero-order chi connectivity index (χ0) is 12.2. The van der Waals surface area contributed by atoms with Gasteiger partial charge in [-0.15, -0.1) is 0 Å². The summed E-state index contributed by atoms with van der Waals surface area (Å²) in [6.45, 7) is 2.42. The van der Waals surface area contributed by atoms with Gasteiger partial charge in [0.05, 0.1) is 6.10 Å². The molecule has 0 atom stereocenters. The first-order valence-corrected chi connectivity index (χ1v) is 4.67. The van der Waals surface area contributed by atoms with Crippen molar-refractivity contribution >= 4 is 5.95 Å². The van der Waals surface area contributed by atoms with E-state index in [0.29, 0.717) is 0 Å². The van der Waals surface area contributed by atoms with Crippen molar-refractivity contribution in [3.63, 3.8) is 0 Å². The van der Waals surface area contributed by atoms with Gasteiger partial charge in [0.15, 0.2) is 0 Å². The minimum atomic E-state index is -4.29. The Morgan fingerprint density at radius 2 is 2.12 bits per heavy atom. The molecule has 1 aromatic rings. The van der Waals surface area contributed by atoms with Crippen molar-refractivity contribution in [1.82, 2.24) is 9.97 Å². The highest BCUT2D eigenvalue weighted by molar-refractivity contribution is 5.27. The predicted molar refractivity (Wildman–Crippen MR) is 52.3 cm³/mol. The normalized spacial score (nSPS) is 11.6. The van der Waals surface area contributed by atoms with E-state index >= 15 is 0 Å². The van der Waals surface area contributed by atoms with Crippen molar-refractivity contribution in [2.24, 2.45) is 0 Å². The van der Waals surface area contributed by atoms with E-state index < -0.39 is 12.7 Å². The van der Waals surface area contributed by atoms with Gasteiger partial charge in [-0.25, -0.2) is 4.98 Å². The van der Waals surface area contributed by atoms with Crippen LogP contribution in [0.2, 0.25) is 0 Å². The first kappa shape index (κ1) is 12.5. The van der Waals surface area contributed by atoms with E-state index in [9.17, 15) is 13.2 Å². The number of aromatic nitrogens is 2. The summed E-state index contributed by atoms with van der Waals surface area (Å²) >= 11 is 0. The molecule has 7 heteroatoms. The van der Waals surface area contributed by atoms with Crippen LogP contribution in [0.1, 0.15) is 13.8 Å². The molecule has 0 aliphatic carbocycles. The highest BCUT2D eigenvalue weighted by Crippen LogP contribution is 2.16. The number of halogens is 3. The largest absolute Gasteiger partial charge is 0.475 e. The topological polar surface area (TPSA) is 47.0 Å². The van der Waals surface area contributed by atoms with E-state index in [0.717, 1.165) is 0 Å². The maximum absolute atomic E-state index is 11.9. The van der Waals surface area contributed by atoms with Crippen molar-refractivity contribution in [3.8, 4) is 5.88 Å². The highest BCUT2D eigenvalue weighted by Gasteiger charge is 2.27. The average Bonchev–Trinajstić information content (AvgIpc) is 2.13. The Labute approximate surface area is 90.9 Å². The van der Waals surface area contributed by atoms with E-state index in [-0.39, 0.29) is 17.9 Å². The third kappa shape index (κ3) is 4.81. The van der Waals surface area contributed by atoms with Crippen molar-refractivity contribution in [1.29, 1.82) is 0 Å². The molecule has 4 nitrogen and oxygen atoms in total. The van der Waals surface area contributed by atoms with Crippen LogP contribution in [0.15, 0.2) is 12.3 Å². The molecule has 0 aromatic carbocycles. The zero-order valence-electron chi connectivity index (χ0n) is 8.88. The Balaban J connectivity index is 2.60. The molecule has 0 aliphatic heterocycles. The van der Waals surface area contributed by atoms with E-state index in [4.69, 9.17) is 4.74 Å². The molecule has 1 aromatic heterocycles. The van der Waals surface area contributed by atoms with Crippen molar-refractivity contribution in [3.05, 3.63) is 12.3 Å². The summed E-state index contributed by atoms with van der Waals surface area (Å²) in [6.07, 6.45) is -3.05. The van der Waals surface area contributed by atoms with E-state index in [2.05, 4.69) is 15.3 Å². The van der Waals surface area contributed by atoms with Crippen LogP contribution in [0.5, 0.6) is 5.88 Å². The smallest absolute Gasteiger partial charge is 0.405 e. The van der Waals surface area contributed by atoms with Gasteiger partial charge in [0, 0.05) is 12.3 Å². The Morgan fingerprint density at radius 3 is 2.69 bits per heavy atom. The maximum Gasteiger partial charge on any atom is 0.405 e. The number of rotatable bonds is 4. The molecule has 0 fully saturated rings. The quantitative estimate of drug-likeness (QED) is 0.869. The van der Waals surface area contributed by atoms with Crippen LogP contribution in [0.3, 0.4) is 0 Å².